The van der Waals surface area contributed by atoms with Gasteiger partial charge in [-0.2, -0.15) is 0 Å². The minimum absolute atomic E-state index is 0.0613. The molecule has 0 radical (unpaired) electrons. The Balaban J connectivity index is 1.53. The van der Waals surface area contributed by atoms with Crippen molar-refractivity contribution in [3.63, 3.8) is 0 Å². The molecule has 1 unspecified atom stereocenters. The van der Waals surface area contributed by atoms with Crippen LogP contribution in [0.2, 0.25) is 0 Å². The second kappa shape index (κ2) is 6.27. The summed E-state index contributed by atoms with van der Waals surface area (Å²) in [6.45, 7) is 6.30. The van der Waals surface area contributed by atoms with Gasteiger partial charge in [0, 0.05) is 6.54 Å². The van der Waals surface area contributed by atoms with Crippen molar-refractivity contribution in [2.45, 2.75) is 37.4 Å². The van der Waals surface area contributed by atoms with Crippen molar-refractivity contribution >= 4 is 10.9 Å². The zero-order chi connectivity index (χ0) is 12.2. The number of hydrogen-bond acceptors (Lipinski definition) is 2. The Bertz CT molecular complexity index is 325. The van der Waals surface area contributed by atoms with Gasteiger partial charge in [-0.15, -0.1) is 0 Å². The summed E-state index contributed by atoms with van der Waals surface area (Å²) in [5.74, 6) is 0. The van der Waals surface area contributed by atoms with Crippen molar-refractivity contribution < 1.29 is 0 Å². The van der Waals surface area contributed by atoms with E-state index in [1.807, 2.05) is 0 Å². The lowest BCUT2D eigenvalue weighted by atomic mass is 10.1. The number of likely N-dealkylation sites (tertiary alicyclic amines) is 1. The number of rotatable bonds is 3. The molecule has 1 N–H and O–H groups in total. The molecule has 0 saturated carbocycles. The fourth-order valence-electron chi connectivity index (χ4n) is 3.26. The van der Waals surface area contributed by atoms with Gasteiger partial charge in [-0.05, 0) is 73.5 Å². The highest BCUT2D eigenvalue weighted by Gasteiger charge is 2.20. The Morgan fingerprint density at radius 1 is 1.17 bits per heavy atom. The van der Waals surface area contributed by atoms with Crippen LogP contribution in [0.4, 0.5) is 0 Å². The molecular weight excluding hydrogens is 240 g/mol. The maximum atomic E-state index is 3.47. The first-order valence-electron chi connectivity index (χ1n) is 7.51. The number of nitrogens with zero attached hydrogens (tertiary/aromatic N) is 1. The molecule has 3 rings (SSSR count). The van der Waals surface area contributed by atoms with Crippen LogP contribution in [0.15, 0.2) is 22.5 Å². The molecule has 2 saturated heterocycles. The van der Waals surface area contributed by atoms with Crippen LogP contribution in [0.25, 0.3) is 0 Å². The maximum absolute atomic E-state index is 3.47. The fourth-order valence-corrected chi connectivity index (χ4v) is 5.57. The van der Waals surface area contributed by atoms with Gasteiger partial charge in [0.15, 0.2) is 0 Å². The largest absolute Gasteiger partial charge is 0.317 e. The van der Waals surface area contributed by atoms with Crippen LogP contribution in [-0.2, 0) is 0 Å². The van der Waals surface area contributed by atoms with Gasteiger partial charge in [-0.3, -0.25) is 4.90 Å². The van der Waals surface area contributed by atoms with Crippen LogP contribution in [0.3, 0.4) is 0 Å². The van der Waals surface area contributed by atoms with Crippen molar-refractivity contribution in [2.24, 2.45) is 0 Å². The molecule has 2 nitrogen and oxygen atoms in total. The van der Waals surface area contributed by atoms with E-state index in [0.29, 0.717) is 0 Å². The van der Waals surface area contributed by atoms with Gasteiger partial charge in [0.2, 0.25) is 0 Å². The third-order valence-electron chi connectivity index (χ3n) is 4.36. The third-order valence-corrected chi connectivity index (χ3v) is 6.84. The van der Waals surface area contributed by atoms with Crippen molar-refractivity contribution in [2.75, 3.05) is 32.7 Å². The first-order chi connectivity index (χ1) is 8.92. The average Bonchev–Trinajstić information content (AvgIpc) is 2.89. The van der Waals surface area contributed by atoms with E-state index < -0.39 is 0 Å². The second-order valence-electron chi connectivity index (χ2n) is 5.78. The molecule has 3 heterocycles. The van der Waals surface area contributed by atoms with Crippen LogP contribution in [0.5, 0.6) is 0 Å². The van der Waals surface area contributed by atoms with Gasteiger partial charge < -0.3 is 5.32 Å². The lowest BCUT2D eigenvalue weighted by Crippen LogP contribution is -2.31. The molecule has 2 fully saturated rings. The first kappa shape index (κ1) is 12.8. The lowest BCUT2D eigenvalue weighted by molar-refractivity contribution is 0.248. The summed E-state index contributed by atoms with van der Waals surface area (Å²) in [7, 11) is 0.0613. The highest BCUT2D eigenvalue weighted by atomic mass is 32.2. The molecule has 0 amide bonds. The molecule has 0 aliphatic carbocycles. The summed E-state index contributed by atoms with van der Waals surface area (Å²) in [6.07, 6.45) is 9.42. The van der Waals surface area contributed by atoms with Gasteiger partial charge in [0.05, 0.1) is 0 Å². The number of piperidine rings is 2. The molecule has 102 valence electrons. The van der Waals surface area contributed by atoms with Gasteiger partial charge in [0.1, 0.15) is 0 Å². The van der Waals surface area contributed by atoms with Gasteiger partial charge in [-0.1, -0.05) is 12.5 Å². The maximum Gasteiger partial charge on any atom is 0.0238 e. The van der Waals surface area contributed by atoms with Crippen molar-refractivity contribution in [3.05, 3.63) is 22.5 Å². The molecular formula is C15H26N2S. The van der Waals surface area contributed by atoms with Crippen LogP contribution in [0.1, 0.15) is 32.1 Å². The zero-order valence-corrected chi connectivity index (χ0v) is 12.2. The fraction of sp³-hybridized carbons (Fsp3) is 0.733. The van der Waals surface area contributed by atoms with E-state index >= 15 is 0 Å². The predicted octanol–water partition coefficient (Wildman–Crippen LogP) is 2.64. The van der Waals surface area contributed by atoms with Crippen LogP contribution in [0, 0.1) is 0 Å². The predicted molar refractivity (Wildman–Crippen MR) is 82.4 cm³/mol. The molecule has 1 atom stereocenters. The van der Waals surface area contributed by atoms with Crippen LogP contribution < -0.4 is 5.32 Å². The summed E-state index contributed by atoms with van der Waals surface area (Å²) in [5, 5.41) is 9.56. The molecule has 0 aromatic carbocycles. The lowest BCUT2D eigenvalue weighted by Gasteiger charge is -2.29. The minimum Gasteiger partial charge on any atom is -0.317 e. The topological polar surface area (TPSA) is 15.3 Å². The Kier molecular flexibility index (Phi) is 4.44. The van der Waals surface area contributed by atoms with Crippen molar-refractivity contribution in [1.29, 1.82) is 0 Å². The molecule has 3 heteroatoms. The standard InChI is InChI=1S/C15H26N2S/c1-2-9-17(10-3-1)12-14-6-11-18(13-14)15-4-7-16-8-5-15/h6,11,13,15-16,18H,1-5,7-10,12H2. The van der Waals surface area contributed by atoms with E-state index in [2.05, 4.69) is 27.1 Å². The number of hydrogen-bond donors (Lipinski definition) is 2. The van der Waals surface area contributed by atoms with Gasteiger partial charge >= 0.3 is 0 Å². The number of thiol groups is 1. The van der Waals surface area contributed by atoms with E-state index in [-0.39, 0.29) is 10.9 Å². The summed E-state index contributed by atoms with van der Waals surface area (Å²) < 4.78 is 0. The summed E-state index contributed by atoms with van der Waals surface area (Å²) >= 11 is 0. The minimum atomic E-state index is 0.0613. The molecule has 0 spiro atoms. The monoisotopic (exact) mass is 266 g/mol. The van der Waals surface area contributed by atoms with Crippen LogP contribution >= 0.6 is 10.9 Å². The van der Waals surface area contributed by atoms with Crippen LogP contribution in [-0.4, -0.2) is 42.9 Å². The molecule has 0 aromatic rings. The van der Waals surface area contributed by atoms with Gasteiger partial charge in [-0.25, -0.2) is 10.9 Å². The Morgan fingerprint density at radius 2 is 1.94 bits per heavy atom. The normalized spacial score (nSPS) is 32.7. The highest BCUT2D eigenvalue weighted by molar-refractivity contribution is 8.22. The van der Waals surface area contributed by atoms with E-state index in [1.165, 1.54) is 64.8 Å². The van der Waals surface area contributed by atoms with Crippen molar-refractivity contribution in [1.82, 2.24) is 10.2 Å². The van der Waals surface area contributed by atoms with E-state index in [0.717, 1.165) is 5.25 Å². The van der Waals surface area contributed by atoms with E-state index in [9.17, 15) is 0 Å². The van der Waals surface area contributed by atoms with E-state index in [4.69, 9.17) is 0 Å². The SMILES string of the molecule is C1=C[SH](C2CCNCC2)C=C1CN1CCCCC1. The average molecular weight is 266 g/mol. The molecule has 3 aliphatic heterocycles. The molecule has 18 heavy (non-hydrogen) atoms. The number of nitrogens with one attached hydrogen (secondary N) is 1. The second-order valence-corrected chi connectivity index (χ2v) is 7.97. The molecule has 0 bridgehead atoms. The Labute approximate surface area is 114 Å². The highest BCUT2D eigenvalue weighted by Crippen LogP contribution is 2.44. The summed E-state index contributed by atoms with van der Waals surface area (Å²) in [5.41, 5.74) is 1.60. The molecule has 0 aromatic heterocycles. The zero-order valence-electron chi connectivity index (χ0n) is 11.3. The smallest absolute Gasteiger partial charge is 0.0238 e. The van der Waals surface area contributed by atoms with Gasteiger partial charge in [0.25, 0.3) is 0 Å². The van der Waals surface area contributed by atoms with E-state index in [1.54, 1.807) is 5.57 Å². The third kappa shape index (κ3) is 3.19. The molecule has 3 aliphatic rings. The quantitative estimate of drug-likeness (QED) is 0.764. The van der Waals surface area contributed by atoms with Crippen molar-refractivity contribution in [3.8, 4) is 0 Å². The first-order valence-corrected chi connectivity index (χ1v) is 9.06. The summed E-state index contributed by atoms with van der Waals surface area (Å²) in [6, 6.07) is 0. The Morgan fingerprint density at radius 3 is 2.72 bits per heavy atom. The Hall–Kier alpha value is -0.250. The summed E-state index contributed by atoms with van der Waals surface area (Å²) in [4.78, 5) is 2.64.